The molecule has 0 unspecified atom stereocenters. The van der Waals surface area contributed by atoms with Crippen molar-refractivity contribution in [1.29, 1.82) is 0 Å². The van der Waals surface area contributed by atoms with Crippen LogP contribution in [0.5, 0.6) is 11.5 Å². The predicted octanol–water partition coefficient (Wildman–Crippen LogP) is 2.41. The van der Waals surface area contributed by atoms with Gasteiger partial charge >= 0.3 is 0 Å². The number of anilines is 2. The molecule has 0 spiro atoms. The summed E-state index contributed by atoms with van der Waals surface area (Å²) >= 11 is 6.08. The van der Waals surface area contributed by atoms with E-state index >= 15 is 0 Å². The molecular weight excluding hydrogens is 458 g/mol. The summed E-state index contributed by atoms with van der Waals surface area (Å²) < 4.78 is 34.4. The standard InChI is InChI=1S/C21H24ClN3O6S/c1-3-25(12-20(26)23-14-4-7-18-19(10-14)31-9-8-30-18)13-21(27)24-17-11-15(32(2,28)29)5-6-16(17)22/h4-7,10-11H,3,8-9,12-13H2,1-2H3,(H,23,26)(H,24,27). The summed E-state index contributed by atoms with van der Waals surface area (Å²) in [5.74, 6) is 0.466. The van der Waals surface area contributed by atoms with Crippen molar-refractivity contribution < 1.29 is 27.5 Å². The fourth-order valence-corrected chi connectivity index (χ4v) is 3.84. The van der Waals surface area contributed by atoms with Crippen LogP contribution >= 0.6 is 11.6 Å². The highest BCUT2D eigenvalue weighted by Gasteiger charge is 2.17. The lowest BCUT2D eigenvalue weighted by Crippen LogP contribution is -2.38. The zero-order valence-electron chi connectivity index (χ0n) is 17.7. The molecule has 2 aromatic rings. The number of halogens is 1. The smallest absolute Gasteiger partial charge is 0.238 e. The highest BCUT2D eigenvalue weighted by molar-refractivity contribution is 7.90. The number of sulfone groups is 1. The lowest BCUT2D eigenvalue weighted by atomic mass is 10.2. The van der Waals surface area contributed by atoms with Gasteiger partial charge in [-0.05, 0) is 36.9 Å². The van der Waals surface area contributed by atoms with Crippen molar-refractivity contribution in [3.63, 3.8) is 0 Å². The third kappa shape index (κ3) is 6.35. The first-order chi connectivity index (χ1) is 15.2. The van der Waals surface area contributed by atoms with Crippen LogP contribution in [-0.4, -0.2) is 64.2 Å². The summed E-state index contributed by atoms with van der Waals surface area (Å²) in [4.78, 5) is 26.6. The second-order valence-electron chi connectivity index (χ2n) is 7.17. The Labute approximate surface area is 191 Å². The highest BCUT2D eigenvalue weighted by Crippen LogP contribution is 2.32. The molecule has 172 valence electrons. The SMILES string of the molecule is CCN(CC(=O)Nc1ccc2c(c1)OCCO2)CC(=O)Nc1cc(S(C)(=O)=O)ccc1Cl. The van der Waals surface area contributed by atoms with Crippen LogP contribution in [0.2, 0.25) is 5.02 Å². The van der Waals surface area contributed by atoms with E-state index in [1.54, 1.807) is 23.1 Å². The molecule has 0 saturated carbocycles. The summed E-state index contributed by atoms with van der Waals surface area (Å²) in [6.45, 7) is 3.09. The topological polar surface area (TPSA) is 114 Å². The molecule has 11 heteroatoms. The number of carbonyl (C=O) groups is 2. The number of benzene rings is 2. The zero-order valence-corrected chi connectivity index (χ0v) is 19.3. The van der Waals surface area contributed by atoms with E-state index in [-0.39, 0.29) is 34.6 Å². The van der Waals surface area contributed by atoms with Crippen molar-refractivity contribution >= 4 is 44.6 Å². The third-order valence-corrected chi connectivity index (χ3v) is 6.09. The molecule has 0 fully saturated rings. The fraction of sp³-hybridized carbons (Fsp3) is 0.333. The molecule has 0 aromatic heterocycles. The van der Waals surface area contributed by atoms with Crippen LogP contribution in [0.25, 0.3) is 0 Å². The van der Waals surface area contributed by atoms with Crippen LogP contribution in [0, 0.1) is 0 Å². The van der Waals surface area contributed by atoms with Crippen molar-refractivity contribution in [1.82, 2.24) is 4.90 Å². The molecule has 3 rings (SSSR count). The van der Waals surface area contributed by atoms with E-state index in [1.807, 2.05) is 6.92 Å². The largest absolute Gasteiger partial charge is 0.486 e. The Morgan fingerprint density at radius 3 is 2.31 bits per heavy atom. The summed E-state index contributed by atoms with van der Waals surface area (Å²) in [7, 11) is -3.45. The fourth-order valence-electron chi connectivity index (χ4n) is 3.03. The van der Waals surface area contributed by atoms with Crippen molar-refractivity contribution in [3.05, 3.63) is 41.4 Å². The number of fused-ring (bicyclic) bond motifs is 1. The summed E-state index contributed by atoms with van der Waals surface area (Å²) in [6, 6.07) is 9.21. The van der Waals surface area contributed by atoms with E-state index in [0.717, 1.165) is 6.26 Å². The molecule has 0 saturated heterocycles. The molecule has 0 aliphatic carbocycles. The minimum Gasteiger partial charge on any atom is -0.486 e. The van der Waals surface area contributed by atoms with E-state index in [0.29, 0.717) is 36.9 Å². The van der Waals surface area contributed by atoms with Gasteiger partial charge in [0.05, 0.1) is 28.7 Å². The van der Waals surface area contributed by atoms with Crippen LogP contribution in [0.3, 0.4) is 0 Å². The quantitative estimate of drug-likeness (QED) is 0.595. The van der Waals surface area contributed by atoms with E-state index in [1.165, 1.54) is 18.2 Å². The van der Waals surface area contributed by atoms with Gasteiger partial charge in [0.1, 0.15) is 13.2 Å². The number of nitrogens with zero attached hydrogens (tertiary/aromatic N) is 1. The molecular formula is C21H24ClN3O6S. The van der Waals surface area contributed by atoms with Gasteiger partial charge < -0.3 is 20.1 Å². The van der Waals surface area contributed by atoms with Crippen LogP contribution in [0.15, 0.2) is 41.3 Å². The van der Waals surface area contributed by atoms with E-state index in [2.05, 4.69) is 10.6 Å². The van der Waals surface area contributed by atoms with Crippen LogP contribution in [-0.2, 0) is 19.4 Å². The molecule has 1 aliphatic rings. The molecule has 0 bridgehead atoms. The maximum absolute atomic E-state index is 12.5. The molecule has 0 radical (unpaired) electrons. The normalized spacial score (nSPS) is 13.0. The van der Waals surface area contributed by atoms with E-state index in [9.17, 15) is 18.0 Å². The first-order valence-electron chi connectivity index (χ1n) is 9.87. The maximum Gasteiger partial charge on any atom is 0.238 e. The molecule has 2 amide bonds. The predicted molar refractivity (Wildman–Crippen MR) is 121 cm³/mol. The van der Waals surface area contributed by atoms with Gasteiger partial charge in [0.15, 0.2) is 21.3 Å². The van der Waals surface area contributed by atoms with Crippen LogP contribution in [0.1, 0.15) is 6.92 Å². The molecule has 0 atom stereocenters. The number of rotatable bonds is 8. The number of ether oxygens (including phenoxy) is 2. The number of hydrogen-bond acceptors (Lipinski definition) is 7. The third-order valence-electron chi connectivity index (χ3n) is 4.65. The Kier molecular flexibility index (Phi) is 7.60. The first-order valence-corrected chi connectivity index (χ1v) is 12.1. The van der Waals surface area contributed by atoms with Gasteiger partial charge in [0, 0.05) is 18.0 Å². The van der Waals surface area contributed by atoms with Gasteiger partial charge in [0.25, 0.3) is 0 Å². The Morgan fingerprint density at radius 1 is 1.00 bits per heavy atom. The second-order valence-corrected chi connectivity index (χ2v) is 9.59. The average Bonchev–Trinajstić information content (AvgIpc) is 2.73. The van der Waals surface area contributed by atoms with Gasteiger partial charge in [-0.1, -0.05) is 18.5 Å². The minimum absolute atomic E-state index is 0.0184. The van der Waals surface area contributed by atoms with Gasteiger partial charge in [-0.3, -0.25) is 14.5 Å². The lowest BCUT2D eigenvalue weighted by molar-refractivity contribution is -0.119. The molecule has 1 aliphatic heterocycles. The number of amides is 2. The monoisotopic (exact) mass is 481 g/mol. The molecule has 2 N–H and O–H groups in total. The number of nitrogens with one attached hydrogen (secondary N) is 2. The van der Waals surface area contributed by atoms with Crippen molar-refractivity contribution in [3.8, 4) is 11.5 Å². The van der Waals surface area contributed by atoms with Crippen LogP contribution in [0.4, 0.5) is 11.4 Å². The van der Waals surface area contributed by atoms with E-state index < -0.39 is 15.7 Å². The van der Waals surface area contributed by atoms with Crippen molar-refractivity contribution in [2.45, 2.75) is 11.8 Å². The van der Waals surface area contributed by atoms with Gasteiger partial charge in [-0.25, -0.2) is 8.42 Å². The minimum atomic E-state index is -3.45. The summed E-state index contributed by atoms with van der Waals surface area (Å²) in [6.07, 6.45) is 1.07. The van der Waals surface area contributed by atoms with E-state index in [4.69, 9.17) is 21.1 Å². The highest BCUT2D eigenvalue weighted by atomic mass is 35.5. The number of likely N-dealkylation sites (N-methyl/N-ethyl adjacent to an activating group) is 1. The molecule has 9 nitrogen and oxygen atoms in total. The second kappa shape index (κ2) is 10.2. The zero-order chi connectivity index (χ0) is 23.3. The Bertz CT molecular complexity index is 1120. The number of carbonyl (C=O) groups excluding carboxylic acids is 2. The molecule has 32 heavy (non-hydrogen) atoms. The summed E-state index contributed by atoms with van der Waals surface area (Å²) in [5, 5.41) is 5.60. The Balaban J connectivity index is 1.58. The summed E-state index contributed by atoms with van der Waals surface area (Å²) in [5.41, 5.74) is 0.750. The lowest BCUT2D eigenvalue weighted by Gasteiger charge is -2.21. The van der Waals surface area contributed by atoms with Gasteiger partial charge in [-0.2, -0.15) is 0 Å². The molecule has 1 heterocycles. The Hall–Kier alpha value is -2.82. The maximum atomic E-state index is 12.5. The van der Waals surface area contributed by atoms with Crippen molar-refractivity contribution in [2.24, 2.45) is 0 Å². The average molecular weight is 482 g/mol. The first kappa shape index (κ1) is 23.8. The Morgan fingerprint density at radius 2 is 1.66 bits per heavy atom. The van der Waals surface area contributed by atoms with Gasteiger partial charge in [0.2, 0.25) is 11.8 Å². The van der Waals surface area contributed by atoms with Crippen molar-refractivity contribution in [2.75, 3.05) is 49.7 Å². The van der Waals surface area contributed by atoms with Gasteiger partial charge in [-0.15, -0.1) is 0 Å². The molecule has 2 aromatic carbocycles. The van der Waals surface area contributed by atoms with Crippen LogP contribution < -0.4 is 20.1 Å². The number of hydrogen-bond donors (Lipinski definition) is 2.